The summed E-state index contributed by atoms with van der Waals surface area (Å²) in [5.41, 5.74) is 0.936. The first-order chi connectivity index (χ1) is 9.31. The number of hydrogen-bond acceptors (Lipinski definition) is 6. The van der Waals surface area contributed by atoms with Crippen molar-refractivity contribution < 1.29 is 14.3 Å². The van der Waals surface area contributed by atoms with Crippen molar-refractivity contribution in [3.63, 3.8) is 0 Å². The maximum Gasteiger partial charge on any atom is 0.231 e. The zero-order chi connectivity index (χ0) is 13.1. The van der Waals surface area contributed by atoms with Crippen molar-refractivity contribution in [3.8, 4) is 11.5 Å². The molecule has 0 atom stereocenters. The molecule has 1 aliphatic rings. The van der Waals surface area contributed by atoms with Crippen LogP contribution in [-0.2, 0) is 17.8 Å². The molecule has 19 heavy (non-hydrogen) atoms. The largest absolute Gasteiger partial charge is 0.454 e. The van der Waals surface area contributed by atoms with Gasteiger partial charge in [0.2, 0.25) is 12.7 Å². The van der Waals surface area contributed by atoms with Crippen LogP contribution in [0.1, 0.15) is 11.4 Å². The first-order valence-corrected chi connectivity index (χ1v) is 5.69. The van der Waals surface area contributed by atoms with Gasteiger partial charge in [-0.1, -0.05) is 11.3 Å². The van der Waals surface area contributed by atoms with E-state index in [1.54, 1.807) is 0 Å². The van der Waals surface area contributed by atoms with Crippen LogP contribution in [0.2, 0.25) is 0 Å². The number of H-pyrrole nitrogens is 1. The summed E-state index contributed by atoms with van der Waals surface area (Å²) in [5, 5.41) is 15.9. The van der Waals surface area contributed by atoms with E-state index in [4.69, 9.17) is 9.47 Å². The van der Waals surface area contributed by atoms with Crippen LogP contribution in [0.4, 0.5) is 0 Å². The van der Waals surface area contributed by atoms with Crippen LogP contribution in [0, 0.1) is 0 Å². The van der Waals surface area contributed by atoms with E-state index in [2.05, 4.69) is 25.9 Å². The van der Waals surface area contributed by atoms with Gasteiger partial charge >= 0.3 is 0 Å². The van der Waals surface area contributed by atoms with E-state index in [-0.39, 0.29) is 19.1 Å². The maximum absolute atomic E-state index is 11.6. The van der Waals surface area contributed by atoms with Gasteiger partial charge in [-0.3, -0.25) is 4.79 Å². The highest BCUT2D eigenvalue weighted by Crippen LogP contribution is 2.32. The second-order valence-electron chi connectivity index (χ2n) is 3.97. The molecule has 1 aliphatic heterocycles. The predicted molar refractivity (Wildman–Crippen MR) is 62.3 cm³/mol. The van der Waals surface area contributed by atoms with E-state index < -0.39 is 0 Å². The number of carbonyl (C=O) groups is 1. The van der Waals surface area contributed by atoms with Gasteiger partial charge in [0.15, 0.2) is 17.3 Å². The first kappa shape index (κ1) is 11.5. The molecule has 1 amide bonds. The second kappa shape index (κ2) is 4.92. The lowest BCUT2D eigenvalue weighted by Gasteiger charge is -2.05. The summed E-state index contributed by atoms with van der Waals surface area (Å²) in [5.74, 6) is 1.62. The number of tetrazole rings is 1. The Balaban J connectivity index is 1.56. The van der Waals surface area contributed by atoms with Gasteiger partial charge in [-0.15, -0.1) is 10.2 Å². The van der Waals surface area contributed by atoms with Crippen molar-refractivity contribution in [2.75, 3.05) is 6.79 Å². The summed E-state index contributed by atoms with van der Waals surface area (Å²) in [7, 11) is 0. The van der Waals surface area contributed by atoms with Gasteiger partial charge in [-0.05, 0) is 17.7 Å². The molecule has 1 aromatic heterocycles. The van der Waals surface area contributed by atoms with Gasteiger partial charge in [0, 0.05) is 6.54 Å². The summed E-state index contributed by atoms with van der Waals surface area (Å²) in [6.07, 6.45) is 0.0983. The second-order valence-corrected chi connectivity index (χ2v) is 3.97. The van der Waals surface area contributed by atoms with Crippen LogP contribution in [-0.4, -0.2) is 33.3 Å². The molecule has 0 bridgehead atoms. The average molecular weight is 261 g/mol. The summed E-state index contributed by atoms with van der Waals surface area (Å²) < 4.78 is 10.5. The van der Waals surface area contributed by atoms with Crippen LogP contribution >= 0.6 is 0 Å². The van der Waals surface area contributed by atoms with Crippen molar-refractivity contribution in [1.29, 1.82) is 0 Å². The molecule has 0 saturated heterocycles. The number of amides is 1. The number of fused-ring (bicyclic) bond motifs is 1. The molecule has 0 radical (unpaired) electrons. The Labute approximate surface area is 108 Å². The number of hydrogen-bond donors (Lipinski definition) is 2. The van der Waals surface area contributed by atoms with Crippen molar-refractivity contribution >= 4 is 5.91 Å². The minimum Gasteiger partial charge on any atom is -0.454 e. The van der Waals surface area contributed by atoms with Gasteiger partial charge in [0.25, 0.3) is 0 Å². The fraction of sp³-hybridized carbons (Fsp3) is 0.273. The molecule has 98 valence electrons. The Morgan fingerprint density at radius 2 is 2.26 bits per heavy atom. The Kier molecular flexibility index (Phi) is 2.97. The van der Waals surface area contributed by atoms with Gasteiger partial charge in [-0.2, -0.15) is 5.21 Å². The van der Waals surface area contributed by atoms with Gasteiger partial charge in [0.05, 0.1) is 6.42 Å². The summed E-state index contributed by atoms with van der Waals surface area (Å²) in [6.45, 7) is 0.649. The third kappa shape index (κ3) is 2.62. The SMILES string of the molecule is O=C(Cc1nn[nH]n1)NCc1ccc2c(c1)OCO2. The van der Waals surface area contributed by atoms with Gasteiger partial charge < -0.3 is 14.8 Å². The van der Waals surface area contributed by atoms with Gasteiger partial charge in [-0.25, -0.2) is 0 Å². The van der Waals surface area contributed by atoms with E-state index in [1.165, 1.54) is 0 Å². The topological polar surface area (TPSA) is 102 Å². The molecule has 0 saturated carbocycles. The highest BCUT2D eigenvalue weighted by atomic mass is 16.7. The lowest BCUT2D eigenvalue weighted by Crippen LogP contribution is -2.25. The average Bonchev–Trinajstić information content (AvgIpc) is 3.06. The highest BCUT2D eigenvalue weighted by molar-refractivity contribution is 5.77. The number of carbonyl (C=O) groups excluding carboxylic acids is 1. The van der Waals surface area contributed by atoms with Crippen molar-refractivity contribution in [2.45, 2.75) is 13.0 Å². The van der Waals surface area contributed by atoms with Crippen molar-refractivity contribution in [2.24, 2.45) is 0 Å². The molecule has 3 rings (SSSR count). The Morgan fingerprint density at radius 3 is 3.11 bits per heavy atom. The Bertz CT molecular complexity index is 584. The first-order valence-electron chi connectivity index (χ1n) is 5.69. The normalized spacial score (nSPS) is 12.4. The maximum atomic E-state index is 11.6. The molecule has 0 fully saturated rings. The molecular formula is C11H11N5O3. The summed E-state index contributed by atoms with van der Waals surface area (Å²) in [4.78, 5) is 11.6. The number of nitrogens with one attached hydrogen (secondary N) is 2. The van der Waals surface area contributed by atoms with E-state index in [1.807, 2.05) is 18.2 Å². The number of rotatable bonds is 4. The van der Waals surface area contributed by atoms with E-state index in [0.717, 1.165) is 11.3 Å². The molecule has 2 heterocycles. The van der Waals surface area contributed by atoms with Crippen molar-refractivity contribution in [3.05, 3.63) is 29.6 Å². The highest BCUT2D eigenvalue weighted by Gasteiger charge is 2.13. The zero-order valence-electron chi connectivity index (χ0n) is 9.92. The summed E-state index contributed by atoms with van der Waals surface area (Å²) in [6, 6.07) is 5.54. The molecule has 0 unspecified atom stereocenters. The fourth-order valence-corrected chi connectivity index (χ4v) is 1.72. The smallest absolute Gasteiger partial charge is 0.231 e. The van der Waals surface area contributed by atoms with Crippen LogP contribution < -0.4 is 14.8 Å². The predicted octanol–water partition coefficient (Wildman–Crippen LogP) is -0.213. The molecule has 2 N–H and O–H groups in total. The van der Waals surface area contributed by atoms with Crippen LogP contribution in [0.15, 0.2) is 18.2 Å². The number of benzene rings is 1. The third-order valence-corrected chi connectivity index (χ3v) is 2.63. The minimum atomic E-state index is -0.168. The lowest BCUT2D eigenvalue weighted by atomic mass is 10.2. The quantitative estimate of drug-likeness (QED) is 0.789. The molecule has 8 heteroatoms. The van der Waals surface area contributed by atoms with Crippen LogP contribution in [0.5, 0.6) is 11.5 Å². The summed E-state index contributed by atoms with van der Waals surface area (Å²) >= 11 is 0. The number of aromatic amines is 1. The number of nitrogens with zero attached hydrogens (tertiary/aromatic N) is 3. The number of aromatic nitrogens is 4. The van der Waals surface area contributed by atoms with Crippen LogP contribution in [0.3, 0.4) is 0 Å². The van der Waals surface area contributed by atoms with E-state index in [0.29, 0.717) is 18.1 Å². The molecule has 8 nitrogen and oxygen atoms in total. The molecule has 1 aromatic carbocycles. The van der Waals surface area contributed by atoms with Crippen LogP contribution in [0.25, 0.3) is 0 Å². The van der Waals surface area contributed by atoms with Crippen molar-refractivity contribution in [1.82, 2.24) is 25.9 Å². The molecule has 2 aromatic rings. The third-order valence-electron chi connectivity index (χ3n) is 2.63. The molecule has 0 spiro atoms. The Morgan fingerprint density at radius 1 is 1.37 bits per heavy atom. The molecule has 0 aliphatic carbocycles. The standard InChI is InChI=1S/C11H11N5O3/c17-11(4-10-13-15-16-14-10)12-5-7-1-2-8-9(3-7)19-6-18-8/h1-3H,4-6H2,(H,12,17)(H,13,14,15,16). The fourth-order valence-electron chi connectivity index (χ4n) is 1.72. The Hall–Kier alpha value is -2.64. The monoisotopic (exact) mass is 261 g/mol. The zero-order valence-corrected chi connectivity index (χ0v) is 9.92. The molecular weight excluding hydrogens is 250 g/mol. The van der Waals surface area contributed by atoms with Gasteiger partial charge in [0.1, 0.15) is 0 Å². The minimum absolute atomic E-state index is 0.0983. The number of ether oxygens (including phenoxy) is 2. The van der Waals surface area contributed by atoms with E-state index >= 15 is 0 Å². The lowest BCUT2D eigenvalue weighted by molar-refractivity contribution is -0.120. The van der Waals surface area contributed by atoms with E-state index in [9.17, 15) is 4.79 Å².